The predicted octanol–water partition coefficient (Wildman–Crippen LogP) is 1.67. The normalized spacial score (nSPS) is 10.4. The molecule has 0 saturated heterocycles. The van der Waals surface area contributed by atoms with Crippen LogP contribution in [0.25, 0.3) is 0 Å². The zero-order valence-electron chi connectivity index (χ0n) is 10.0. The molecule has 0 unspecified atom stereocenters. The van der Waals surface area contributed by atoms with E-state index < -0.39 is 5.82 Å². The number of halogens is 2. The SMILES string of the molecule is COCCN(CCO)C(=O)c1cc(F)cc(Br)c1. The summed E-state index contributed by atoms with van der Waals surface area (Å²) in [5.74, 6) is -0.815. The van der Waals surface area contributed by atoms with E-state index in [1.54, 1.807) is 6.07 Å². The van der Waals surface area contributed by atoms with Crippen molar-refractivity contribution in [3.8, 4) is 0 Å². The van der Waals surface area contributed by atoms with Crippen LogP contribution in [-0.2, 0) is 4.74 Å². The van der Waals surface area contributed by atoms with Gasteiger partial charge in [-0.2, -0.15) is 0 Å². The van der Waals surface area contributed by atoms with Crippen LogP contribution in [-0.4, -0.2) is 49.3 Å². The van der Waals surface area contributed by atoms with Crippen LogP contribution in [0.3, 0.4) is 0 Å². The van der Waals surface area contributed by atoms with E-state index in [9.17, 15) is 9.18 Å². The van der Waals surface area contributed by atoms with Crippen LogP contribution in [0.5, 0.6) is 0 Å². The van der Waals surface area contributed by atoms with Crippen molar-refractivity contribution in [2.24, 2.45) is 0 Å². The Kier molecular flexibility index (Phi) is 6.24. The van der Waals surface area contributed by atoms with Gasteiger partial charge in [-0.15, -0.1) is 0 Å². The van der Waals surface area contributed by atoms with E-state index in [1.165, 1.54) is 24.1 Å². The van der Waals surface area contributed by atoms with Gasteiger partial charge in [-0.3, -0.25) is 4.79 Å². The molecule has 100 valence electrons. The van der Waals surface area contributed by atoms with Crippen molar-refractivity contribution >= 4 is 21.8 Å². The highest BCUT2D eigenvalue weighted by atomic mass is 79.9. The maximum Gasteiger partial charge on any atom is 0.254 e. The van der Waals surface area contributed by atoms with Gasteiger partial charge in [0.2, 0.25) is 0 Å². The number of benzene rings is 1. The number of ether oxygens (including phenoxy) is 1. The lowest BCUT2D eigenvalue weighted by Gasteiger charge is -2.21. The molecular weight excluding hydrogens is 305 g/mol. The molecular formula is C12H15BrFNO3. The molecule has 1 aromatic rings. The number of aliphatic hydroxyl groups excluding tert-OH is 1. The molecule has 4 nitrogen and oxygen atoms in total. The average Bonchev–Trinajstić information content (AvgIpc) is 2.32. The van der Waals surface area contributed by atoms with E-state index in [0.29, 0.717) is 17.6 Å². The number of methoxy groups -OCH3 is 1. The predicted molar refractivity (Wildman–Crippen MR) is 69.0 cm³/mol. The summed E-state index contributed by atoms with van der Waals surface area (Å²) in [5, 5.41) is 8.92. The maximum absolute atomic E-state index is 13.2. The van der Waals surface area contributed by atoms with Crippen molar-refractivity contribution < 1.29 is 19.0 Å². The number of rotatable bonds is 6. The highest BCUT2D eigenvalue weighted by Gasteiger charge is 2.16. The Morgan fingerprint density at radius 3 is 2.72 bits per heavy atom. The van der Waals surface area contributed by atoms with Gasteiger partial charge in [0, 0.05) is 30.2 Å². The quantitative estimate of drug-likeness (QED) is 0.867. The minimum atomic E-state index is -0.483. The van der Waals surface area contributed by atoms with Gasteiger partial charge in [0.1, 0.15) is 5.82 Å². The van der Waals surface area contributed by atoms with Crippen LogP contribution in [0, 0.1) is 5.82 Å². The van der Waals surface area contributed by atoms with Gasteiger partial charge in [-0.25, -0.2) is 4.39 Å². The second-order valence-electron chi connectivity index (χ2n) is 3.67. The third-order valence-electron chi connectivity index (χ3n) is 2.33. The molecule has 0 spiro atoms. The summed E-state index contributed by atoms with van der Waals surface area (Å²) >= 11 is 3.14. The van der Waals surface area contributed by atoms with Crippen molar-refractivity contribution in [3.05, 3.63) is 34.1 Å². The Morgan fingerprint density at radius 2 is 2.17 bits per heavy atom. The minimum absolute atomic E-state index is 0.147. The van der Waals surface area contributed by atoms with Crippen LogP contribution < -0.4 is 0 Å². The first kappa shape index (κ1) is 15.1. The first-order valence-electron chi connectivity index (χ1n) is 5.43. The number of carbonyl (C=O) groups excluding carboxylic acids is 1. The summed E-state index contributed by atoms with van der Waals surface area (Å²) in [6.07, 6.45) is 0. The van der Waals surface area contributed by atoms with E-state index in [1.807, 2.05) is 0 Å². The van der Waals surface area contributed by atoms with E-state index in [0.717, 1.165) is 0 Å². The third-order valence-corrected chi connectivity index (χ3v) is 2.79. The Labute approximate surface area is 113 Å². The Morgan fingerprint density at radius 1 is 1.44 bits per heavy atom. The van der Waals surface area contributed by atoms with Crippen LogP contribution in [0.15, 0.2) is 22.7 Å². The molecule has 1 amide bonds. The zero-order valence-corrected chi connectivity index (χ0v) is 11.6. The lowest BCUT2D eigenvalue weighted by molar-refractivity contribution is 0.0656. The molecule has 0 aliphatic rings. The van der Waals surface area contributed by atoms with Crippen molar-refractivity contribution in [2.75, 3.05) is 33.4 Å². The molecule has 18 heavy (non-hydrogen) atoms. The molecule has 0 heterocycles. The second kappa shape index (κ2) is 7.45. The summed E-state index contributed by atoms with van der Waals surface area (Å²) in [6, 6.07) is 4.00. The van der Waals surface area contributed by atoms with Gasteiger partial charge in [0.15, 0.2) is 0 Å². The number of hydrogen-bond acceptors (Lipinski definition) is 3. The van der Waals surface area contributed by atoms with Crippen molar-refractivity contribution in [1.82, 2.24) is 4.90 Å². The van der Waals surface area contributed by atoms with E-state index in [2.05, 4.69) is 15.9 Å². The lowest BCUT2D eigenvalue weighted by Crippen LogP contribution is -2.36. The molecule has 6 heteroatoms. The highest BCUT2D eigenvalue weighted by Crippen LogP contribution is 2.16. The number of amides is 1. The Hall–Kier alpha value is -0.980. The van der Waals surface area contributed by atoms with Gasteiger partial charge < -0.3 is 14.7 Å². The average molecular weight is 320 g/mol. The molecule has 0 aromatic heterocycles. The summed E-state index contributed by atoms with van der Waals surface area (Å²) in [7, 11) is 1.53. The number of nitrogens with zero attached hydrogens (tertiary/aromatic N) is 1. The lowest BCUT2D eigenvalue weighted by atomic mass is 10.2. The molecule has 0 fully saturated rings. The van der Waals surface area contributed by atoms with Crippen LogP contribution in [0.1, 0.15) is 10.4 Å². The van der Waals surface area contributed by atoms with Crippen LogP contribution in [0.2, 0.25) is 0 Å². The topological polar surface area (TPSA) is 49.8 Å². The Balaban J connectivity index is 2.86. The largest absolute Gasteiger partial charge is 0.395 e. The van der Waals surface area contributed by atoms with Gasteiger partial charge in [0.05, 0.1) is 13.2 Å². The van der Waals surface area contributed by atoms with Crippen LogP contribution in [0.4, 0.5) is 4.39 Å². The standard InChI is InChI=1S/C12H15BrFNO3/c1-18-5-3-15(2-4-16)12(17)9-6-10(13)8-11(14)7-9/h6-8,16H,2-5H2,1H3. The first-order valence-corrected chi connectivity index (χ1v) is 6.23. The molecule has 0 bridgehead atoms. The summed E-state index contributed by atoms with van der Waals surface area (Å²) < 4.78 is 18.6. The molecule has 0 radical (unpaired) electrons. The second-order valence-corrected chi connectivity index (χ2v) is 4.58. The molecule has 0 aliphatic heterocycles. The van der Waals surface area contributed by atoms with Gasteiger partial charge in [0.25, 0.3) is 5.91 Å². The molecule has 0 aliphatic carbocycles. The third kappa shape index (κ3) is 4.36. The van der Waals surface area contributed by atoms with Gasteiger partial charge >= 0.3 is 0 Å². The number of aliphatic hydroxyl groups is 1. The van der Waals surface area contributed by atoms with Crippen molar-refractivity contribution in [1.29, 1.82) is 0 Å². The molecule has 1 rings (SSSR count). The maximum atomic E-state index is 13.2. The number of hydrogen-bond donors (Lipinski definition) is 1. The molecule has 1 N–H and O–H groups in total. The van der Waals surface area contributed by atoms with E-state index in [4.69, 9.17) is 9.84 Å². The van der Waals surface area contributed by atoms with Crippen molar-refractivity contribution in [3.63, 3.8) is 0 Å². The van der Waals surface area contributed by atoms with Crippen LogP contribution >= 0.6 is 15.9 Å². The summed E-state index contributed by atoms with van der Waals surface area (Å²) in [6.45, 7) is 0.758. The summed E-state index contributed by atoms with van der Waals surface area (Å²) in [5.41, 5.74) is 0.242. The van der Waals surface area contributed by atoms with E-state index in [-0.39, 0.29) is 24.6 Å². The summed E-state index contributed by atoms with van der Waals surface area (Å²) in [4.78, 5) is 13.5. The monoisotopic (exact) mass is 319 g/mol. The highest BCUT2D eigenvalue weighted by molar-refractivity contribution is 9.10. The fourth-order valence-corrected chi connectivity index (χ4v) is 1.96. The molecule has 0 saturated carbocycles. The van der Waals surface area contributed by atoms with Gasteiger partial charge in [-0.1, -0.05) is 15.9 Å². The van der Waals surface area contributed by atoms with Gasteiger partial charge in [-0.05, 0) is 18.2 Å². The fourth-order valence-electron chi connectivity index (χ4n) is 1.50. The zero-order chi connectivity index (χ0) is 13.5. The first-order chi connectivity index (χ1) is 8.58. The van der Waals surface area contributed by atoms with Crippen molar-refractivity contribution in [2.45, 2.75) is 0 Å². The molecule has 1 aromatic carbocycles. The number of carbonyl (C=O) groups is 1. The molecule has 0 atom stereocenters. The Bertz CT molecular complexity index is 394. The fraction of sp³-hybridized carbons (Fsp3) is 0.417. The van der Waals surface area contributed by atoms with E-state index >= 15 is 0 Å². The minimum Gasteiger partial charge on any atom is -0.395 e. The smallest absolute Gasteiger partial charge is 0.254 e.